The highest BCUT2D eigenvalue weighted by Gasteiger charge is 2.42. The van der Waals surface area contributed by atoms with E-state index in [0.717, 1.165) is 11.1 Å². The summed E-state index contributed by atoms with van der Waals surface area (Å²) in [5, 5.41) is 10.2. The Morgan fingerprint density at radius 1 is 0.850 bits per heavy atom. The highest BCUT2D eigenvalue weighted by atomic mass is 16.5. The summed E-state index contributed by atoms with van der Waals surface area (Å²) in [7, 11) is 5.79. The highest BCUT2D eigenvalue weighted by molar-refractivity contribution is 6.06. The fraction of sp³-hybridized carbons (Fsp3) is 0.161. The van der Waals surface area contributed by atoms with Crippen molar-refractivity contribution < 1.29 is 23.9 Å². The smallest absolute Gasteiger partial charge is 0.355 e. The zero-order valence-electron chi connectivity index (χ0n) is 22.5. The molecule has 3 aromatic rings. The standard InChI is InChI=1S/C31H28N4O5/c1-34(2)29(36)22-12-10-19(11-13-22)20-14-16-23(17-15-20)35-27(31(38)40-4)26(30(37)39-3)25(24(18-32)28(35)33)21-8-6-5-7-9-21/h5-17,25H,33H2,1-4H3. The second kappa shape index (κ2) is 11.6. The molecule has 9 heteroatoms. The number of hydrogen-bond acceptors (Lipinski definition) is 8. The van der Waals surface area contributed by atoms with Gasteiger partial charge in [-0.25, -0.2) is 9.59 Å². The van der Waals surface area contributed by atoms with E-state index in [9.17, 15) is 19.6 Å². The molecule has 0 fully saturated rings. The first-order chi connectivity index (χ1) is 19.2. The van der Waals surface area contributed by atoms with Gasteiger partial charge in [0.2, 0.25) is 0 Å². The Labute approximate surface area is 232 Å². The minimum Gasteiger partial charge on any atom is -0.466 e. The first-order valence-corrected chi connectivity index (χ1v) is 12.3. The number of nitrogens with zero attached hydrogens (tertiary/aromatic N) is 3. The Bertz CT molecular complexity index is 1550. The second-order valence-corrected chi connectivity index (χ2v) is 9.16. The first kappa shape index (κ1) is 27.7. The molecule has 0 saturated carbocycles. The molecule has 3 aromatic carbocycles. The van der Waals surface area contributed by atoms with Crippen LogP contribution in [0.5, 0.6) is 0 Å². The molecule has 0 aliphatic carbocycles. The van der Waals surface area contributed by atoms with Gasteiger partial charge >= 0.3 is 11.9 Å². The van der Waals surface area contributed by atoms with E-state index in [1.54, 1.807) is 68.7 Å². The van der Waals surface area contributed by atoms with E-state index < -0.39 is 17.9 Å². The number of benzene rings is 3. The first-order valence-electron chi connectivity index (χ1n) is 12.3. The molecule has 1 heterocycles. The second-order valence-electron chi connectivity index (χ2n) is 9.16. The van der Waals surface area contributed by atoms with Gasteiger partial charge in [0.05, 0.1) is 37.4 Å². The Morgan fingerprint density at radius 3 is 1.90 bits per heavy atom. The van der Waals surface area contributed by atoms with Gasteiger partial charge in [-0.05, 0) is 41.0 Å². The number of nitriles is 1. The van der Waals surface area contributed by atoms with E-state index in [0.29, 0.717) is 16.8 Å². The Morgan fingerprint density at radius 2 is 1.40 bits per heavy atom. The van der Waals surface area contributed by atoms with Gasteiger partial charge in [0, 0.05) is 25.3 Å². The van der Waals surface area contributed by atoms with Crippen molar-refractivity contribution >= 4 is 23.5 Å². The number of methoxy groups -OCH3 is 2. The highest BCUT2D eigenvalue weighted by Crippen LogP contribution is 2.43. The van der Waals surface area contributed by atoms with Crippen LogP contribution in [-0.2, 0) is 19.1 Å². The normalized spacial score (nSPS) is 14.9. The summed E-state index contributed by atoms with van der Waals surface area (Å²) in [6.45, 7) is 0. The topological polar surface area (TPSA) is 126 Å². The van der Waals surface area contributed by atoms with Crippen molar-refractivity contribution in [3.05, 3.63) is 113 Å². The van der Waals surface area contributed by atoms with Gasteiger partial charge < -0.3 is 20.1 Å². The number of nitrogens with two attached hydrogens (primary N) is 1. The van der Waals surface area contributed by atoms with Crippen LogP contribution >= 0.6 is 0 Å². The Balaban J connectivity index is 1.84. The lowest BCUT2D eigenvalue weighted by molar-refractivity contribution is -0.139. The van der Waals surface area contributed by atoms with Gasteiger partial charge in [-0.1, -0.05) is 54.6 Å². The number of carbonyl (C=O) groups excluding carboxylic acids is 3. The van der Waals surface area contributed by atoms with Crippen molar-refractivity contribution in [2.75, 3.05) is 33.2 Å². The van der Waals surface area contributed by atoms with Crippen LogP contribution in [-0.4, -0.2) is 51.1 Å². The monoisotopic (exact) mass is 536 g/mol. The largest absolute Gasteiger partial charge is 0.466 e. The molecule has 9 nitrogen and oxygen atoms in total. The molecule has 1 atom stereocenters. The van der Waals surface area contributed by atoms with Crippen LogP contribution in [0.25, 0.3) is 11.1 Å². The van der Waals surface area contributed by atoms with Crippen molar-refractivity contribution in [3.8, 4) is 17.2 Å². The SMILES string of the molecule is COC(=O)C1=C(C(=O)OC)N(c2ccc(-c3ccc(C(=O)N(C)C)cc3)cc2)C(N)=C(C#N)C1c1ccccc1. The molecular weight excluding hydrogens is 508 g/mol. The molecule has 1 unspecified atom stereocenters. The predicted octanol–water partition coefficient (Wildman–Crippen LogP) is 3.95. The lowest BCUT2D eigenvalue weighted by Crippen LogP contribution is -2.40. The van der Waals surface area contributed by atoms with E-state index in [1.165, 1.54) is 24.0 Å². The summed E-state index contributed by atoms with van der Waals surface area (Å²) < 4.78 is 10.1. The van der Waals surface area contributed by atoms with Crippen LogP contribution in [0.4, 0.5) is 5.69 Å². The van der Waals surface area contributed by atoms with Gasteiger partial charge in [0.25, 0.3) is 5.91 Å². The molecule has 1 aliphatic rings. The van der Waals surface area contributed by atoms with E-state index in [1.807, 2.05) is 24.3 Å². The molecule has 0 spiro atoms. The maximum atomic E-state index is 13.2. The summed E-state index contributed by atoms with van der Waals surface area (Å²) in [4.78, 5) is 41.4. The number of anilines is 1. The molecule has 202 valence electrons. The molecule has 0 aromatic heterocycles. The van der Waals surface area contributed by atoms with E-state index in [2.05, 4.69) is 6.07 Å². The third-order valence-corrected chi connectivity index (χ3v) is 6.61. The summed E-state index contributed by atoms with van der Waals surface area (Å²) in [6.07, 6.45) is 0. The number of esters is 2. The van der Waals surface area contributed by atoms with Crippen LogP contribution in [0.2, 0.25) is 0 Å². The summed E-state index contributed by atoms with van der Waals surface area (Å²) in [5.41, 5.74) is 9.74. The zero-order chi connectivity index (χ0) is 29.0. The number of amides is 1. The maximum absolute atomic E-state index is 13.2. The van der Waals surface area contributed by atoms with Crippen LogP contribution < -0.4 is 10.6 Å². The van der Waals surface area contributed by atoms with Gasteiger partial charge in [0.1, 0.15) is 11.5 Å². The average molecular weight is 537 g/mol. The van der Waals surface area contributed by atoms with Crippen LogP contribution in [0.15, 0.2) is 102 Å². The van der Waals surface area contributed by atoms with Gasteiger partial charge in [-0.2, -0.15) is 5.26 Å². The summed E-state index contributed by atoms with van der Waals surface area (Å²) >= 11 is 0. The van der Waals surface area contributed by atoms with Crippen LogP contribution in [0.3, 0.4) is 0 Å². The number of ether oxygens (including phenoxy) is 2. The molecular formula is C31H28N4O5. The summed E-state index contributed by atoms with van der Waals surface area (Å²) in [5.74, 6) is -2.65. The molecule has 0 bridgehead atoms. The average Bonchev–Trinajstić information content (AvgIpc) is 2.99. The number of hydrogen-bond donors (Lipinski definition) is 1. The Kier molecular flexibility index (Phi) is 8.01. The molecule has 1 amide bonds. The third-order valence-electron chi connectivity index (χ3n) is 6.61. The van der Waals surface area contributed by atoms with Crippen molar-refractivity contribution in [1.82, 2.24) is 4.90 Å². The quantitative estimate of drug-likeness (QED) is 0.470. The lowest BCUT2D eigenvalue weighted by Gasteiger charge is -2.36. The fourth-order valence-electron chi connectivity index (χ4n) is 4.65. The third kappa shape index (κ3) is 5.02. The number of allylic oxidation sites excluding steroid dienone is 1. The number of rotatable bonds is 6. The van der Waals surface area contributed by atoms with Crippen LogP contribution in [0.1, 0.15) is 21.8 Å². The molecule has 2 N–H and O–H groups in total. The maximum Gasteiger partial charge on any atom is 0.355 e. The minimum atomic E-state index is -0.938. The van der Waals surface area contributed by atoms with E-state index in [-0.39, 0.29) is 28.6 Å². The fourth-order valence-corrected chi connectivity index (χ4v) is 4.65. The van der Waals surface area contributed by atoms with Crippen LogP contribution in [0, 0.1) is 11.3 Å². The Hall–Kier alpha value is -5.36. The van der Waals surface area contributed by atoms with E-state index >= 15 is 0 Å². The lowest BCUT2D eigenvalue weighted by atomic mass is 9.81. The van der Waals surface area contributed by atoms with Crippen molar-refractivity contribution in [1.29, 1.82) is 5.26 Å². The van der Waals surface area contributed by atoms with Crippen molar-refractivity contribution in [2.45, 2.75) is 5.92 Å². The zero-order valence-corrected chi connectivity index (χ0v) is 22.5. The predicted molar refractivity (Wildman–Crippen MR) is 149 cm³/mol. The van der Waals surface area contributed by atoms with Crippen molar-refractivity contribution in [3.63, 3.8) is 0 Å². The summed E-state index contributed by atoms with van der Waals surface area (Å²) in [6, 6.07) is 25.2. The van der Waals surface area contributed by atoms with Gasteiger partial charge in [0.15, 0.2) is 0 Å². The van der Waals surface area contributed by atoms with E-state index in [4.69, 9.17) is 15.2 Å². The molecule has 40 heavy (non-hydrogen) atoms. The molecule has 4 rings (SSSR count). The van der Waals surface area contributed by atoms with Gasteiger partial charge in [-0.3, -0.25) is 9.69 Å². The minimum absolute atomic E-state index is 0.0105. The molecule has 0 radical (unpaired) electrons. The van der Waals surface area contributed by atoms with Crippen molar-refractivity contribution in [2.24, 2.45) is 5.73 Å². The van der Waals surface area contributed by atoms with Gasteiger partial charge in [-0.15, -0.1) is 0 Å². The number of carbonyl (C=O) groups is 3. The molecule has 1 aliphatic heterocycles. The molecule has 0 saturated heterocycles.